The Hall–Kier alpha value is -3.54. The van der Waals surface area contributed by atoms with Gasteiger partial charge in [-0.15, -0.1) is 0 Å². The van der Waals surface area contributed by atoms with Crippen molar-refractivity contribution >= 4 is 52.2 Å². The maximum absolute atomic E-state index is 14.0. The number of hydrogen-bond donors (Lipinski definition) is 1. The predicted octanol–water partition coefficient (Wildman–Crippen LogP) is 6.79. The Balaban J connectivity index is 1.45. The number of carbonyl (C=O) groups is 2. The van der Waals surface area contributed by atoms with E-state index in [4.69, 9.17) is 16.3 Å². The van der Waals surface area contributed by atoms with Crippen LogP contribution in [-0.2, 0) is 22.4 Å². The molecule has 0 aliphatic carbocycles. The fourth-order valence-electron chi connectivity index (χ4n) is 5.25. The van der Waals surface area contributed by atoms with Crippen molar-refractivity contribution in [2.45, 2.75) is 35.9 Å². The highest BCUT2D eigenvalue weighted by atomic mass is 35.5. The van der Waals surface area contributed by atoms with E-state index in [9.17, 15) is 27.6 Å². The van der Waals surface area contributed by atoms with Gasteiger partial charge in [0, 0.05) is 21.4 Å². The average Bonchev–Trinajstić information content (AvgIpc) is 3.42. The van der Waals surface area contributed by atoms with Crippen LogP contribution in [0.1, 0.15) is 33.0 Å². The van der Waals surface area contributed by atoms with Gasteiger partial charge < -0.3 is 9.72 Å². The molecule has 6 rings (SSSR count). The molecule has 3 atom stereocenters. The quantitative estimate of drug-likeness (QED) is 0.250. The number of aromatic nitrogens is 1. The molecule has 2 aliphatic heterocycles. The monoisotopic (exact) mass is 616 g/mol. The number of nitrogens with zero attached hydrogens (tertiary/aromatic N) is 1. The van der Waals surface area contributed by atoms with Crippen molar-refractivity contribution in [3.8, 4) is 5.75 Å². The molecular weight excluding hydrogens is 597 g/mol. The molecule has 0 spiro atoms. The Morgan fingerprint density at radius 1 is 1.00 bits per heavy atom. The molecule has 3 heterocycles. The second-order valence-electron chi connectivity index (χ2n) is 9.71. The van der Waals surface area contributed by atoms with Crippen LogP contribution in [0.25, 0.3) is 0 Å². The third kappa shape index (κ3) is 4.96. The number of rotatable bonds is 5. The molecule has 1 fully saturated rings. The number of H-pyrrole nitrogens is 1. The SMILES string of the molecule is Cc1ccccc1COc1ccc(Cl)cc1C1c2sc(=O)[nH]c2SC2C(=O)N(c3cccc(C(F)(F)F)c3)C(=O)C21. The van der Waals surface area contributed by atoms with Gasteiger partial charge in [-0.25, -0.2) is 4.90 Å². The van der Waals surface area contributed by atoms with E-state index in [1.54, 1.807) is 18.2 Å². The molecule has 3 unspecified atom stereocenters. The third-order valence-electron chi connectivity index (χ3n) is 7.21. The Labute approximate surface area is 245 Å². The van der Waals surface area contributed by atoms with Crippen molar-refractivity contribution in [3.63, 3.8) is 0 Å². The molecule has 41 heavy (non-hydrogen) atoms. The van der Waals surface area contributed by atoms with Crippen LogP contribution < -0.4 is 14.5 Å². The lowest BCUT2D eigenvalue weighted by Crippen LogP contribution is -2.32. The largest absolute Gasteiger partial charge is 0.489 e. The predicted molar refractivity (Wildman–Crippen MR) is 151 cm³/mol. The minimum Gasteiger partial charge on any atom is -0.489 e. The lowest BCUT2D eigenvalue weighted by molar-refractivity contribution is -0.137. The number of aromatic amines is 1. The maximum atomic E-state index is 14.0. The second kappa shape index (κ2) is 10.4. The number of aryl methyl sites for hydroxylation is 1. The van der Waals surface area contributed by atoms with E-state index >= 15 is 0 Å². The fourth-order valence-corrected chi connectivity index (χ4v) is 7.94. The Morgan fingerprint density at radius 2 is 1.78 bits per heavy atom. The van der Waals surface area contributed by atoms with E-state index < -0.39 is 40.6 Å². The summed E-state index contributed by atoms with van der Waals surface area (Å²) in [6, 6.07) is 16.8. The van der Waals surface area contributed by atoms with E-state index in [-0.39, 0.29) is 17.2 Å². The summed E-state index contributed by atoms with van der Waals surface area (Å²) < 4.78 is 46.6. The number of anilines is 1. The lowest BCUT2D eigenvalue weighted by Gasteiger charge is -2.31. The number of imide groups is 1. The molecule has 1 aromatic heterocycles. The number of carbonyl (C=O) groups excluding carboxylic acids is 2. The number of hydrogen-bond acceptors (Lipinski definition) is 6. The number of alkyl halides is 3. The maximum Gasteiger partial charge on any atom is 0.416 e. The highest BCUT2D eigenvalue weighted by Crippen LogP contribution is 2.55. The van der Waals surface area contributed by atoms with Gasteiger partial charge in [0.25, 0.3) is 0 Å². The topological polar surface area (TPSA) is 79.5 Å². The van der Waals surface area contributed by atoms with Crippen LogP contribution in [0.2, 0.25) is 5.02 Å². The summed E-state index contributed by atoms with van der Waals surface area (Å²) in [5, 5.41) is -0.194. The van der Waals surface area contributed by atoms with E-state index in [2.05, 4.69) is 4.98 Å². The molecule has 12 heteroatoms. The summed E-state index contributed by atoms with van der Waals surface area (Å²) in [5.74, 6) is -2.72. The van der Waals surface area contributed by atoms with Gasteiger partial charge in [0.05, 0.1) is 22.2 Å². The number of thiazole rings is 1. The van der Waals surface area contributed by atoms with Gasteiger partial charge in [-0.3, -0.25) is 14.4 Å². The molecule has 0 radical (unpaired) electrons. The summed E-state index contributed by atoms with van der Waals surface area (Å²) >= 11 is 8.36. The van der Waals surface area contributed by atoms with Gasteiger partial charge in [0.2, 0.25) is 11.8 Å². The summed E-state index contributed by atoms with van der Waals surface area (Å²) in [6.45, 7) is 2.18. The van der Waals surface area contributed by atoms with Crippen molar-refractivity contribution in [1.82, 2.24) is 4.98 Å². The van der Waals surface area contributed by atoms with Crippen LogP contribution in [0.3, 0.4) is 0 Å². The number of fused-ring (bicyclic) bond motifs is 2. The van der Waals surface area contributed by atoms with Crippen molar-refractivity contribution in [2.75, 3.05) is 4.90 Å². The first kappa shape index (κ1) is 27.6. The molecule has 6 nitrogen and oxygen atoms in total. The standard InChI is InChI=1S/C29H20ClF3N2O4S2/c1-14-5-2-3-6-15(14)13-39-20-10-9-17(30)12-19(20)21-22-24(40-25-23(21)41-28(38)34-25)27(37)35(26(22)36)18-8-4-7-16(11-18)29(31,32)33/h2-12,21-22,24H,13H2,1H3,(H,34,38). The van der Waals surface area contributed by atoms with Crippen LogP contribution in [0.15, 0.2) is 76.6 Å². The van der Waals surface area contributed by atoms with Gasteiger partial charge in [-0.2, -0.15) is 13.2 Å². The zero-order valence-electron chi connectivity index (χ0n) is 21.2. The number of nitrogens with one attached hydrogen (secondary N) is 1. The summed E-state index contributed by atoms with van der Waals surface area (Å²) in [6.07, 6.45) is -4.65. The molecule has 0 saturated carbocycles. The van der Waals surface area contributed by atoms with Gasteiger partial charge >= 0.3 is 11.0 Å². The molecular formula is C29H20ClF3N2O4S2. The number of amides is 2. The number of halogens is 4. The van der Waals surface area contributed by atoms with Gasteiger partial charge in [0.15, 0.2) is 0 Å². The first-order valence-corrected chi connectivity index (χ1v) is 14.5. The van der Waals surface area contributed by atoms with Gasteiger partial charge in [-0.1, -0.05) is 65.0 Å². The molecule has 2 amide bonds. The molecule has 1 saturated heterocycles. The third-order valence-corrected chi connectivity index (χ3v) is 9.84. The molecule has 210 valence electrons. The van der Waals surface area contributed by atoms with Crippen LogP contribution in [0.4, 0.5) is 18.9 Å². The molecule has 2 aliphatic rings. The number of thioether (sulfide) groups is 1. The Morgan fingerprint density at radius 3 is 2.54 bits per heavy atom. The van der Waals surface area contributed by atoms with Crippen LogP contribution >= 0.6 is 34.7 Å². The van der Waals surface area contributed by atoms with Crippen molar-refractivity contribution < 1.29 is 27.5 Å². The molecule has 4 aromatic rings. The lowest BCUT2D eigenvalue weighted by atomic mass is 9.82. The fraction of sp³-hybridized carbons (Fsp3) is 0.207. The minimum absolute atomic E-state index is 0.164. The van der Waals surface area contributed by atoms with Gasteiger partial charge in [-0.05, 0) is 54.4 Å². The number of ether oxygens (including phenoxy) is 1. The van der Waals surface area contributed by atoms with Crippen LogP contribution in [-0.4, -0.2) is 22.0 Å². The van der Waals surface area contributed by atoms with E-state index in [1.807, 2.05) is 31.2 Å². The Bertz CT molecular complexity index is 1750. The molecule has 1 N–H and O–H groups in total. The first-order valence-electron chi connectivity index (χ1n) is 12.4. The van der Waals surface area contributed by atoms with Crippen molar-refractivity contribution in [2.24, 2.45) is 5.92 Å². The number of benzene rings is 3. The molecule has 3 aromatic carbocycles. The normalized spacial score (nSPS) is 20.2. The summed E-state index contributed by atoms with van der Waals surface area (Å²) in [4.78, 5) is 43.8. The first-order chi connectivity index (χ1) is 19.5. The van der Waals surface area contributed by atoms with E-state index in [0.717, 1.165) is 57.3 Å². The molecule has 0 bridgehead atoms. The second-order valence-corrected chi connectivity index (χ2v) is 12.3. The minimum atomic E-state index is -4.65. The van der Waals surface area contributed by atoms with E-state index in [0.29, 0.717) is 26.2 Å². The zero-order valence-corrected chi connectivity index (χ0v) is 23.6. The average molecular weight is 617 g/mol. The Kier molecular flexibility index (Phi) is 6.99. The highest BCUT2D eigenvalue weighted by Gasteiger charge is 2.57. The van der Waals surface area contributed by atoms with Gasteiger partial charge in [0.1, 0.15) is 17.6 Å². The van der Waals surface area contributed by atoms with Crippen molar-refractivity contribution in [1.29, 1.82) is 0 Å². The van der Waals surface area contributed by atoms with E-state index in [1.165, 1.54) is 6.07 Å². The zero-order chi connectivity index (χ0) is 29.1. The van der Waals surface area contributed by atoms with Crippen LogP contribution in [0.5, 0.6) is 5.75 Å². The summed E-state index contributed by atoms with van der Waals surface area (Å²) in [5.41, 5.74) is 1.34. The van der Waals surface area contributed by atoms with Crippen molar-refractivity contribution in [3.05, 3.63) is 109 Å². The summed E-state index contributed by atoms with van der Waals surface area (Å²) in [7, 11) is 0. The highest BCUT2D eigenvalue weighted by molar-refractivity contribution is 8.00. The van der Waals surface area contributed by atoms with Crippen LogP contribution in [0, 0.1) is 12.8 Å². The smallest absolute Gasteiger partial charge is 0.416 e.